The fourth-order valence-corrected chi connectivity index (χ4v) is 3.71. The van der Waals surface area contributed by atoms with Crippen molar-refractivity contribution in [3.63, 3.8) is 0 Å². The number of aromatic nitrogens is 3. The minimum Gasteiger partial charge on any atom is -0.486 e. The Morgan fingerprint density at radius 3 is 2.86 bits per heavy atom. The highest BCUT2D eigenvalue weighted by Gasteiger charge is 2.20. The third-order valence-electron chi connectivity index (χ3n) is 4.06. The first kappa shape index (κ1) is 18.6. The highest BCUT2D eigenvalue weighted by atomic mass is 35.5. The fourth-order valence-electron chi connectivity index (χ4n) is 2.68. The van der Waals surface area contributed by atoms with Gasteiger partial charge in [-0.3, -0.25) is 9.36 Å². The Kier molecular flexibility index (Phi) is 5.40. The van der Waals surface area contributed by atoms with Crippen LogP contribution in [0.3, 0.4) is 0 Å². The van der Waals surface area contributed by atoms with Crippen LogP contribution in [0.1, 0.15) is 6.92 Å². The van der Waals surface area contributed by atoms with Crippen LogP contribution in [0.4, 0.5) is 5.69 Å². The Labute approximate surface area is 171 Å². The molecule has 0 radical (unpaired) electrons. The first-order valence-electron chi connectivity index (χ1n) is 8.63. The predicted molar refractivity (Wildman–Crippen MR) is 108 cm³/mol. The summed E-state index contributed by atoms with van der Waals surface area (Å²) in [6.07, 6.45) is 1.60. The number of nitrogens with zero attached hydrogens (tertiary/aromatic N) is 3. The average Bonchev–Trinajstić information content (AvgIpc) is 3.16. The molecule has 1 aliphatic rings. The number of benzene rings is 2. The number of amides is 1. The van der Waals surface area contributed by atoms with E-state index in [2.05, 4.69) is 15.5 Å². The quantitative estimate of drug-likeness (QED) is 0.637. The minimum atomic E-state index is -0.393. The largest absolute Gasteiger partial charge is 0.486 e. The predicted octanol–water partition coefficient (Wildman–Crippen LogP) is 3.81. The van der Waals surface area contributed by atoms with Crippen molar-refractivity contribution >= 4 is 35.0 Å². The number of rotatable bonds is 5. The molecule has 0 fully saturated rings. The second-order valence-corrected chi connectivity index (χ2v) is 7.82. The smallest absolute Gasteiger partial charge is 0.237 e. The minimum absolute atomic E-state index is 0.151. The molecule has 1 atom stereocenters. The van der Waals surface area contributed by atoms with E-state index in [1.54, 1.807) is 35.2 Å². The molecule has 1 N–H and O–H groups in total. The van der Waals surface area contributed by atoms with Crippen molar-refractivity contribution in [2.24, 2.45) is 0 Å². The lowest BCUT2D eigenvalue weighted by molar-refractivity contribution is -0.115. The van der Waals surface area contributed by atoms with Gasteiger partial charge in [0.15, 0.2) is 16.7 Å². The van der Waals surface area contributed by atoms with Crippen LogP contribution < -0.4 is 14.8 Å². The molecule has 0 aliphatic carbocycles. The lowest BCUT2D eigenvalue weighted by Gasteiger charge is -2.19. The van der Waals surface area contributed by atoms with E-state index < -0.39 is 5.25 Å². The first-order chi connectivity index (χ1) is 13.6. The summed E-state index contributed by atoms with van der Waals surface area (Å²) in [4.78, 5) is 12.6. The van der Waals surface area contributed by atoms with Gasteiger partial charge in [0.2, 0.25) is 5.91 Å². The van der Waals surface area contributed by atoms with Crippen LogP contribution in [-0.2, 0) is 4.79 Å². The van der Waals surface area contributed by atoms with Crippen molar-refractivity contribution in [3.8, 4) is 17.2 Å². The normalized spacial score (nSPS) is 13.8. The number of anilines is 1. The van der Waals surface area contributed by atoms with Crippen molar-refractivity contribution < 1.29 is 14.3 Å². The molecule has 1 aromatic heterocycles. The van der Waals surface area contributed by atoms with E-state index in [0.717, 1.165) is 5.69 Å². The Morgan fingerprint density at radius 1 is 1.21 bits per heavy atom. The van der Waals surface area contributed by atoms with Crippen molar-refractivity contribution in [2.75, 3.05) is 18.5 Å². The van der Waals surface area contributed by atoms with Gasteiger partial charge < -0.3 is 14.8 Å². The van der Waals surface area contributed by atoms with Crippen molar-refractivity contribution in [1.82, 2.24) is 14.8 Å². The van der Waals surface area contributed by atoms with E-state index in [4.69, 9.17) is 21.1 Å². The van der Waals surface area contributed by atoms with Gasteiger partial charge in [0, 0.05) is 16.8 Å². The Morgan fingerprint density at radius 2 is 2.04 bits per heavy atom. The number of ether oxygens (including phenoxy) is 2. The summed E-state index contributed by atoms with van der Waals surface area (Å²) in [6.45, 7) is 2.84. The van der Waals surface area contributed by atoms with Gasteiger partial charge in [-0.2, -0.15) is 0 Å². The van der Waals surface area contributed by atoms with Gasteiger partial charge in [0.05, 0.1) is 10.9 Å². The molecule has 1 unspecified atom stereocenters. The molecule has 144 valence electrons. The summed E-state index contributed by atoms with van der Waals surface area (Å²) in [6, 6.07) is 12.7. The summed E-state index contributed by atoms with van der Waals surface area (Å²) in [5.74, 6) is 1.16. The van der Waals surface area contributed by atoms with E-state index >= 15 is 0 Å². The van der Waals surface area contributed by atoms with E-state index in [9.17, 15) is 4.79 Å². The Bertz CT molecular complexity index is 1010. The van der Waals surface area contributed by atoms with E-state index in [0.29, 0.717) is 40.6 Å². The second-order valence-electron chi connectivity index (χ2n) is 6.07. The van der Waals surface area contributed by atoms with Gasteiger partial charge >= 0.3 is 0 Å². The molecule has 1 amide bonds. The Balaban J connectivity index is 1.45. The topological polar surface area (TPSA) is 78.3 Å². The standard InChI is InChI=1S/C19H17ClN4O3S/c1-12(18(25)22-14-5-6-16-17(10-14)27-8-7-26-16)28-19-23-21-11-24(19)15-4-2-3-13(20)9-15/h2-6,9-12H,7-8H2,1H3,(H,22,25). The summed E-state index contributed by atoms with van der Waals surface area (Å²) in [7, 11) is 0. The second kappa shape index (κ2) is 8.12. The zero-order chi connectivity index (χ0) is 19.5. The number of carbonyl (C=O) groups excluding carboxylic acids is 1. The molecular formula is C19H17ClN4O3S. The number of hydrogen-bond acceptors (Lipinski definition) is 6. The van der Waals surface area contributed by atoms with E-state index in [1.165, 1.54) is 11.8 Å². The van der Waals surface area contributed by atoms with Gasteiger partial charge in [0.25, 0.3) is 0 Å². The van der Waals surface area contributed by atoms with Crippen LogP contribution >= 0.6 is 23.4 Å². The zero-order valence-corrected chi connectivity index (χ0v) is 16.5. The maximum absolute atomic E-state index is 12.6. The van der Waals surface area contributed by atoms with Crippen molar-refractivity contribution in [3.05, 3.63) is 53.8 Å². The van der Waals surface area contributed by atoms with Gasteiger partial charge in [0.1, 0.15) is 19.5 Å². The molecule has 28 heavy (non-hydrogen) atoms. The lowest BCUT2D eigenvalue weighted by atomic mass is 10.2. The van der Waals surface area contributed by atoms with Gasteiger partial charge in [-0.15, -0.1) is 10.2 Å². The molecule has 0 spiro atoms. The van der Waals surface area contributed by atoms with Crippen LogP contribution in [0.15, 0.2) is 53.9 Å². The zero-order valence-electron chi connectivity index (χ0n) is 15.0. The lowest BCUT2D eigenvalue weighted by Crippen LogP contribution is -2.23. The molecule has 3 aromatic rings. The SMILES string of the molecule is CC(Sc1nncn1-c1cccc(Cl)c1)C(=O)Nc1ccc2c(c1)OCCO2. The molecule has 4 rings (SSSR count). The summed E-state index contributed by atoms with van der Waals surface area (Å²) >= 11 is 7.38. The molecular weight excluding hydrogens is 400 g/mol. The number of hydrogen-bond donors (Lipinski definition) is 1. The maximum Gasteiger partial charge on any atom is 0.237 e. The first-order valence-corrected chi connectivity index (χ1v) is 9.89. The van der Waals surface area contributed by atoms with Gasteiger partial charge in [-0.05, 0) is 37.3 Å². The summed E-state index contributed by atoms with van der Waals surface area (Å²) in [5, 5.41) is 11.8. The number of nitrogens with one attached hydrogen (secondary N) is 1. The molecule has 0 bridgehead atoms. The van der Waals surface area contributed by atoms with Crippen LogP contribution in [-0.4, -0.2) is 39.1 Å². The Hall–Kier alpha value is -2.71. The van der Waals surface area contributed by atoms with Gasteiger partial charge in [-0.25, -0.2) is 0 Å². The van der Waals surface area contributed by atoms with E-state index in [1.807, 2.05) is 25.1 Å². The monoisotopic (exact) mass is 416 g/mol. The molecule has 9 heteroatoms. The number of carbonyl (C=O) groups is 1. The third kappa shape index (κ3) is 4.07. The number of halogens is 1. The molecule has 7 nitrogen and oxygen atoms in total. The van der Waals surface area contributed by atoms with Crippen molar-refractivity contribution in [1.29, 1.82) is 0 Å². The van der Waals surface area contributed by atoms with Crippen molar-refractivity contribution in [2.45, 2.75) is 17.3 Å². The van der Waals surface area contributed by atoms with Crippen LogP contribution in [0.5, 0.6) is 11.5 Å². The van der Waals surface area contributed by atoms with Gasteiger partial charge in [-0.1, -0.05) is 29.4 Å². The van der Waals surface area contributed by atoms with Crippen LogP contribution in [0.25, 0.3) is 5.69 Å². The molecule has 0 saturated heterocycles. The third-order valence-corrected chi connectivity index (χ3v) is 5.36. The highest BCUT2D eigenvalue weighted by molar-refractivity contribution is 8.00. The van der Waals surface area contributed by atoms with E-state index in [-0.39, 0.29) is 5.91 Å². The molecule has 0 saturated carbocycles. The van der Waals surface area contributed by atoms with Crippen LogP contribution in [0, 0.1) is 0 Å². The fraction of sp³-hybridized carbons (Fsp3) is 0.211. The summed E-state index contributed by atoms with van der Waals surface area (Å²) < 4.78 is 12.8. The number of fused-ring (bicyclic) bond motifs is 1. The maximum atomic E-state index is 12.6. The molecule has 2 heterocycles. The number of thioether (sulfide) groups is 1. The van der Waals surface area contributed by atoms with Crippen LogP contribution in [0.2, 0.25) is 5.02 Å². The summed E-state index contributed by atoms with van der Waals surface area (Å²) in [5.41, 5.74) is 1.48. The highest BCUT2D eigenvalue weighted by Crippen LogP contribution is 2.33. The molecule has 2 aromatic carbocycles. The molecule has 1 aliphatic heterocycles. The average molecular weight is 417 g/mol.